The van der Waals surface area contributed by atoms with Gasteiger partial charge in [0.05, 0.1) is 18.6 Å². The van der Waals surface area contributed by atoms with Gasteiger partial charge in [-0.15, -0.1) is 0 Å². The van der Waals surface area contributed by atoms with Gasteiger partial charge in [0.2, 0.25) is 5.91 Å². The van der Waals surface area contributed by atoms with Gasteiger partial charge in [-0.3, -0.25) is 9.63 Å². The van der Waals surface area contributed by atoms with Crippen LogP contribution < -0.4 is 5.48 Å². The van der Waals surface area contributed by atoms with Gasteiger partial charge in [-0.05, 0) is 19.3 Å². The minimum absolute atomic E-state index is 0.0117. The van der Waals surface area contributed by atoms with Gasteiger partial charge in [-0.1, -0.05) is 13.8 Å². The predicted molar refractivity (Wildman–Crippen MR) is 52.5 cm³/mol. The SMILES string of the molecule is CC(C)CONC(=O)C1CCOC1C. The van der Waals surface area contributed by atoms with Crippen molar-refractivity contribution >= 4 is 5.91 Å². The van der Waals surface area contributed by atoms with Gasteiger partial charge in [-0.25, -0.2) is 5.48 Å². The van der Waals surface area contributed by atoms with Gasteiger partial charge in [0, 0.05) is 6.61 Å². The maximum Gasteiger partial charge on any atom is 0.249 e. The number of rotatable bonds is 4. The average Bonchev–Trinajstić information content (AvgIpc) is 2.50. The van der Waals surface area contributed by atoms with Crippen molar-refractivity contribution in [2.45, 2.75) is 33.3 Å². The Bertz CT molecular complexity index is 194. The number of nitrogens with one attached hydrogen (secondary N) is 1. The molecule has 0 aromatic rings. The second kappa shape index (κ2) is 5.32. The van der Waals surface area contributed by atoms with E-state index in [1.54, 1.807) is 0 Å². The molecule has 1 fully saturated rings. The Kier molecular flexibility index (Phi) is 4.35. The Hall–Kier alpha value is -0.610. The molecule has 1 amide bonds. The standard InChI is InChI=1S/C10H19NO3/c1-7(2)6-14-11-10(12)9-4-5-13-8(9)3/h7-9H,4-6H2,1-3H3,(H,11,12). The molecule has 14 heavy (non-hydrogen) atoms. The topological polar surface area (TPSA) is 47.6 Å². The molecule has 2 unspecified atom stereocenters. The minimum Gasteiger partial charge on any atom is -0.378 e. The Morgan fingerprint density at radius 2 is 2.36 bits per heavy atom. The Labute approximate surface area is 84.9 Å². The molecular weight excluding hydrogens is 182 g/mol. The number of hydroxylamine groups is 1. The van der Waals surface area contributed by atoms with Gasteiger partial charge >= 0.3 is 0 Å². The van der Waals surface area contributed by atoms with Crippen LogP contribution in [0.1, 0.15) is 27.2 Å². The highest BCUT2D eigenvalue weighted by atomic mass is 16.7. The molecule has 1 N–H and O–H groups in total. The fourth-order valence-corrected chi connectivity index (χ4v) is 1.43. The zero-order valence-electron chi connectivity index (χ0n) is 9.08. The molecule has 0 aliphatic carbocycles. The molecule has 1 aliphatic rings. The number of amides is 1. The molecule has 0 aromatic heterocycles. The van der Waals surface area contributed by atoms with Crippen molar-refractivity contribution < 1.29 is 14.4 Å². The molecule has 2 atom stereocenters. The largest absolute Gasteiger partial charge is 0.378 e. The summed E-state index contributed by atoms with van der Waals surface area (Å²) in [5.41, 5.74) is 2.47. The molecule has 1 rings (SSSR count). The third-order valence-corrected chi connectivity index (χ3v) is 2.30. The third kappa shape index (κ3) is 3.27. The molecule has 0 radical (unpaired) electrons. The lowest BCUT2D eigenvalue weighted by Gasteiger charge is -2.14. The Morgan fingerprint density at radius 3 is 2.86 bits per heavy atom. The van der Waals surface area contributed by atoms with Crippen LogP contribution in [0.15, 0.2) is 0 Å². The van der Waals surface area contributed by atoms with Crippen molar-refractivity contribution in [3.8, 4) is 0 Å². The highest BCUT2D eigenvalue weighted by Crippen LogP contribution is 2.20. The van der Waals surface area contributed by atoms with Crippen molar-refractivity contribution in [3.05, 3.63) is 0 Å². The summed E-state index contributed by atoms with van der Waals surface area (Å²) in [4.78, 5) is 16.6. The number of ether oxygens (including phenoxy) is 1. The molecule has 1 heterocycles. The van der Waals surface area contributed by atoms with Crippen LogP contribution in [-0.4, -0.2) is 25.2 Å². The Balaban J connectivity index is 2.21. The van der Waals surface area contributed by atoms with Crippen LogP contribution in [-0.2, 0) is 14.4 Å². The first-order chi connectivity index (χ1) is 6.61. The molecule has 0 spiro atoms. The summed E-state index contributed by atoms with van der Waals surface area (Å²) < 4.78 is 5.30. The van der Waals surface area contributed by atoms with E-state index in [-0.39, 0.29) is 17.9 Å². The third-order valence-electron chi connectivity index (χ3n) is 2.30. The second-order valence-electron chi connectivity index (χ2n) is 4.14. The van der Waals surface area contributed by atoms with Crippen molar-refractivity contribution in [2.75, 3.05) is 13.2 Å². The van der Waals surface area contributed by atoms with Crippen LogP contribution in [0.5, 0.6) is 0 Å². The lowest BCUT2D eigenvalue weighted by molar-refractivity contribution is -0.140. The van der Waals surface area contributed by atoms with Crippen molar-refractivity contribution in [2.24, 2.45) is 11.8 Å². The highest BCUT2D eigenvalue weighted by molar-refractivity contribution is 5.78. The highest BCUT2D eigenvalue weighted by Gasteiger charge is 2.30. The van der Waals surface area contributed by atoms with Crippen molar-refractivity contribution in [1.82, 2.24) is 5.48 Å². The van der Waals surface area contributed by atoms with Crippen molar-refractivity contribution in [3.63, 3.8) is 0 Å². The van der Waals surface area contributed by atoms with Crippen LogP contribution in [0.4, 0.5) is 0 Å². The van der Waals surface area contributed by atoms with Crippen LogP contribution in [0.2, 0.25) is 0 Å². The molecule has 82 valence electrons. The fraction of sp³-hybridized carbons (Fsp3) is 0.900. The summed E-state index contributed by atoms with van der Waals surface area (Å²) in [6.07, 6.45) is 0.801. The second-order valence-corrected chi connectivity index (χ2v) is 4.14. The van der Waals surface area contributed by atoms with Gasteiger partial charge in [-0.2, -0.15) is 0 Å². The van der Waals surface area contributed by atoms with E-state index < -0.39 is 0 Å². The maximum atomic E-state index is 11.5. The van der Waals surface area contributed by atoms with E-state index in [1.807, 2.05) is 20.8 Å². The van der Waals surface area contributed by atoms with Crippen molar-refractivity contribution in [1.29, 1.82) is 0 Å². The van der Waals surface area contributed by atoms with Gasteiger partial charge in [0.25, 0.3) is 0 Å². The lowest BCUT2D eigenvalue weighted by Crippen LogP contribution is -2.34. The van der Waals surface area contributed by atoms with E-state index in [0.29, 0.717) is 19.1 Å². The Morgan fingerprint density at radius 1 is 1.64 bits per heavy atom. The summed E-state index contributed by atoms with van der Waals surface area (Å²) in [5.74, 6) is 0.311. The summed E-state index contributed by atoms with van der Waals surface area (Å²) in [5, 5.41) is 0. The monoisotopic (exact) mass is 201 g/mol. The number of hydrogen-bond acceptors (Lipinski definition) is 3. The molecule has 1 saturated heterocycles. The predicted octanol–water partition coefficient (Wildman–Crippen LogP) is 1.12. The normalized spacial score (nSPS) is 26.9. The zero-order valence-corrected chi connectivity index (χ0v) is 9.08. The molecule has 4 nitrogen and oxygen atoms in total. The molecule has 1 aliphatic heterocycles. The van der Waals surface area contributed by atoms with E-state index in [0.717, 1.165) is 6.42 Å². The van der Waals surface area contributed by atoms with Crippen LogP contribution in [0, 0.1) is 11.8 Å². The first-order valence-corrected chi connectivity index (χ1v) is 5.14. The van der Waals surface area contributed by atoms with Gasteiger partial charge < -0.3 is 4.74 Å². The van der Waals surface area contributed by atoms with E-state index in [2.05, 4.69) is 5.48 Å². The quantitative estimate of drug-likeness (QED) is 0.693. The minimum atomic E-state index is -0.0596. The van der Waals surface area contributed by atoms with Crippen LogP contribution >= 0.6 is 0 Å². The summed E-state index contributed by atoms with van der Waals surface area (Å²) >= 11 is 0. The zero-order chi connectivity index (χ0) is 10.6. The van der Waals surface area contributed by atoms with Crippen LogP contribution in [0.3, 0.4) is 0 Å². The van der Waals surface area contributed by atoms with E-state index in [4.69, 9.17) is 9.57 Å². The average molecular weight is 201 g/mol. The summed E-state index contributed by atoms with van der Waals surface area (Å²) in [6, 6.07) is 0. The van der Waals surface area contributed by atoms with E-state index >= 15 is 0 Å². The van der Waals surface area contributed by atoms with Gasteiger partial charge in [0.15, 0.2) is 0 Å². The fourth-order valence-electron chi connectivity index (χ4n) is 1.43. The molecule has 0 saturated carbocycles. The number of carbonyl (C=O) groups is 1. The molecule has 4 heteroatoms. The maximum absolute atomic E-state index is 11.5. The number of carbonyl (C=O) groups excluding carboxylic acids is 1. The molecular formula is C10H19NO3. The number of hydrogen-bond donors (Lipinski definition) is 1. The van der Waals surface area contributed by atoms with E-state index in [9.17, 15) is 4.79 Å². The van der Waals surface area contributed by atoms with Crippen LogP contribution in [0.25, 0.3) is 0 Å². The molecule has 0 bridgehead atoms. The summed E-state index contributed by atoms with van der Waals surface area (Å²) in [6.45, 7) is 7.21. The first kappa shape index (κ1) is 11.5. The smallest absolute Gasteiger partial charge is 0.249 e. The first-order valence-electron chi connectivity index (χ1n) is 5.14. The molecule has 0 aromatic carbocycles. The van der Waals surface area contributed by atoms with Gasteiger partial charge in [0.1, 0.15) is 0 Å². The summed E-state index contributed by atoms with van der Waals surface area (Å²) in [7, 11) is 0. The van der Waals surface area contributed by atoms with E-state index in [1.165, 1.54) is 0 Å². The lowest BCUT2D eigenvalue weighted by atomic mass is 10.0.